The summed E-state index contributed by atoms with van der Waals surface area (Å²) >= 11 is 0. The number of carbonyl (C=O) groups excluding carboxylic acids is 2. The maximum atomic E-state index is 12.9. The lowest BCUT2D eigenvalue weighted by molar-refractivity contribution is -0.126. The molecule has 0 aliphatic carbocycles. The van der Waals surface area contributed by atoms with Crippen LogP contribution in [0.15, 0.2) is 65.8 Å². The molecule has 0 bridgehead atoms. The van der Waals surface area contributed by atoms with Gasteiger partial charge in [-0.25, -0.2) is 9.82 Å². The van der Waals surface area contributed by atoms with Crippen LogP contribution in [0.2, 0.25) is 0 Å². The van der Waals surface area contributed by atoms with Crippen molar-refractivity contribution in [2.75, 3.05) is 11.9 Å². The van der Waals surface area contributed by atoms with Crippen LogP contribution in [-0.4, -0.2) is 24.6 Å². The van der Waals surface area contributed by atoms with E-state index in [-0.39, 0.29) is 0 Å². The first kappa shape index (κ1) is 21.0. The summed E-state index contributed by atoms with van der Waals surface area (Å²) in [5, 5.41) is 8.49. The molecule has 0 heterocycles. The third-order valence-corrected chi connectivity index (χ3v) is 4.22. The molecule has 6 nitrogen and oxygen atoms in total. The minimum Gasteiger partial charge on any atom is -0.493 e. The summed E-state index contributed by atoms with van der Waals surface area (Å²) in [5.41, 5.74) is 3.52. The molecular formula is C23H22FN3O3. The molecular weight excluding hydrogens is 385 g/mol. The van der Waals surface area contributed by atoms with E-state index in [4.69, 9.17) is 4.74 Å². The van der Waals surface area contributed by atoms with E-state index in [0.717, 1.165) is 22.8 Å². The topological polar surface area (TPSA) is 79.8 Å². The molecule has 0 aliphatic rings. The first-order valence-electron chi connectivity index (χ1n) is 9.58. The molecule has 0 unspecified atom stereocenters. The van der Waals surface area contributed by atoms with Gasteiger partial charge in [-0.1, -0.05) is 37.3 Å². The molecule has 0 saturated carbocycles. The number of rotatable bonds is 8. The van der Waals surface area contributed by atoms with E-state index in [1.165, 1.54) is 30.5 Å². The van der Waals surface area contributed by atoms with Crippen LogP contribution < -0.4 is 15.5 Å². The van der Waals surface area contributed by atoms with Crippen molar-refractivity contribution in [3.63, 3.8) is 0 Å². The van der Waals surface area contributed by atoms with Gasteiger partial charge in [-0.05, 0) is 47.5 Å². The van der Waals surface area contributed by atoms with Gasteiger partial charge in [0, 0.05) is 11.3 Å². The maximum Gasteiger partial charge on any atom is 0.249 e. The number of fused-ring (bicyclic) bond motifs is 1. The van der Waals surface area contributed by atoms with Crippen molar-refractivity contribution in [1.82, 2.24) is 5.43 Å². The predicted molar refractivity (Wildman–Crippen MR) is 115 cm³/mol. The van der Waals surface area contributed by atoms with Crippen molar-refractivity contribution < 1.29 is 18.7 Å². The number of hydrogen-bond donors (Lipinski definition) is 2. The zero-order chi connectivity index (χ0) is 21.3. The molecule has 7 heteroatoms. The normalized spacial score (nSPS) is 10.9. The number of hydrazone groups is 1. The summed E-state index contributed by atoms with van der Waals surface area (Å²) in [7, 11) is 0. The van der Waals surface area contributed by atoms with Gasteiger partial charge < -0.3 is 10.1 Å². The number of nitrogens with zero attached hydrogens (tertiary/aromatic N) is 1. The summed E-state index contributed by atoms with van der Waals surface area (Å²) < 4.78 is 18.7. The number of anilines is 1. The van der Waals surface area contributed by atoms with E-state index in [1.807, 2.05) is 43.3 Å². The van der Waals surface area contributed by atoms with Crippen molar-refractivity contribution in [2.45, 2.75) is 19.8 Å². The summed E-state index contributed by atoms with van der Waals surface area (Å²) in [6.07, 6.45) is 1.97. The molecule has 0 atom stereocenters. The lowest BCUT2D eigenvalue weighted by Crippen LogP contribution is -2.24. The van der Waals surface area contributed by atoms with Crippen LogP contribution in [0.4, 0.5) is 10.1 Å². The first-order valence-corrected chi connectivity index (χ1v) is 9.58. The van der Waals surface area contributed by atoms with E-state index < -0.39 is 24.1 Å². The van der Waals surface area contributed by atoms with Gasteiger partial charge >= 0.3 is 0 Å². The minimum atomic E-state index is -0.567. The van der Waals surface area contributed by atoms with Crippen LogP contribution in [0.3, 0.4) is 0 Å². The molecule has 154 valence electrons. The number of nitrogens with one attached hydrogen (secondary N) is 2. The Labute approximate surface area is 173 Å². The van der Waals surface area contributed by atoms with Gasteiger partial charge in [-0.2, -0.15) is 5.10 Å². The number of amides is 2. The van der Waals surface area contributed by atoms with Gasteiger partial charge in [-0.15, -0.1) is 0 Å². The highest BCUT2D eigenvalue weighted by atomic mass is 19.1. The van der Waals surface area contributed by atoms with E-state index in [2.05, 4.69) is 15.8 Å². The third-order valence-electron chi connectivity index (χ3n) is 4.22. The molecule has 0 radical (unpaired) electrons. The van der Waals surface area contributed by atoms with Crippen LogP contribution in [0.1, 0.15) is 25.3 Å². The highest BCUT2D eigenvalue weighted by molar-refractivity contribution is 6.05. The van der Waals surface area contributed by atoms with E-state index in [0.29, 0.717) is 18.0 Å². The Morgan fingerprint density at radius 1 is 1.03 bits per heavy atom. The van der Waals surface area contributed by atoms with Crippen molar-refractivity contribution in [3.8, 4) is 5.75 Å². The molecule has 2 N–H and O–H groups in total. The highest BCUT2D eigenvalue weighted by Crippen LogP contribution is 2.26. The Bertz CT molecular complexity index is 1060. The number of carbonyl (C=O) groups is 2. The van der Waals surface area contributed by atoms with Gasteiger partial charge in [0.15, 0.2) is 0 Å². The summed E-state index contributed by atoms with van der Waals surface area (Å²) in [6, 6.07) is 16.9. The maximum absolute atomic E-state index is 12.9. The minimum absolute atomic E-state index is 0.407. The Morgan fingerprint density at radius 3 is 2.57 bits per heavy atom. The fraction of sp³-hybridized carbons (Fsp3) is 0.174. The molecule has 3 aromatic carbocycles. The number of halogens is 1. The molecule has 0 aromatic heterocycles. The molecule has 3 rings (SSSR count). The van der Waals surface area contributed by atoms with Crippen LogP contribution in [0.25, 0.3) is 10.8 Å². The number of hydrogen-bond acceptors (Lipinski definition) is 4. The van der Waals surface area contributed by atoms with Gasteiger partial charge in [0.2, 0.25) is 11.8 Å². The predicted octanol–water partition coefficient (Wildman–Crippen LogP) is 4.25. The standard InChI is InChI=1S/C23H22FN3O3/c1-2-13-30-21-12-7-16-5-3-4-6-19(16)20(21)15-25-27-23(29)14-22(28)26-18-10-8-17(24)9-11-18/h3-12,15H,2,13-14H2,1H3,(H,26,28)(H,27,29). The lowest BCUT2D eigenvalue weighted by Gasteiger charge is -2.11. The third kappa shape index (κ3) is 5.64. The molecule has 0 fully saturated rings. The van der Waals surface area contributed by atoms with Gasteiger partial charge in [0.05, 0.1) is 12.8 Å². The number of benzene rings is 3. The van der Waals surface area contributed by atoms with Crippen LogP contribution in [0, 0.1) is 5.82 Å². The fourth-order valence-electron chi connectivity index (χ4n) is 2.84. The molecule has 0 spiro atoms. The van der Waals surface area contributed by atoms with E-state index in [1.54, 1.807) is 0 Å². The second-order valence-electron chi connectivity index (χ2n) is 6.57. The molecule has 0 saturated heterocycles. The van der Waals surface area contributed by atoms with Crippen molar-refractivity contribution in [2.24, 2.45) is 5.10 Å². The Morgan fingerprint density at radius 2 is 1.80 bits per heavy atom. The zero-order valence-corrected chi connectivity index (χ0v) is 16.5. The highest BCUT2D eigenvalue weighted by Gasteiger charge is 2.10. The van der Waals surface area contributed by atoms with Crippen molar-refractivity contribution in [1.29, 1.82) is 0 Å². The summed E-state index contributed by atoms with van der Waals surface area (Å²) in [6.45, 7) is 2.58. The zero-order valence-electron chi connectivity index (χ0n) is 16.5. The Hall–Kier alpha value is -3.74. The fourth-order valence-corrected chi connectivity index (χ4v) is 2.84. The van der Waals surface area contributed by atoms with Crippen LogP contribution >= 0.6 is 0 Å². The van der Waals surface area contributed by atoms with Crippen molar-refractivity contribution in [3.05, 3.63) is 72.0 Å². The van der Waals surface area contributed by atoms with E-state index >= 15 is 0 Å². The summed E-state index contributed by atoms with van der Waals surface area (Å²) in [4.78, 5) is 24.0. The molecule has 2 amide bonds. The van der Waals surface area contributed by atoms with Gasteiger partial charge in [0.1, 0.15) is 18.0 Å². The number of ether oxygens (including phenoxy) is 1. The van der Waals surface area contributed by atoms with E-state index in [9.17, 15) is 14.0 Å². The first-order chi connectivity index (χ1) is 14.6. The smallest absolute Gasteiger partial charge is 0.249 e. The molecule has 0 aliphatic heterocycles. The Kier molecular flexibility index (Phi) is 7.10. The second-order valence-corrected chi connectivity index (χ2v) is 6.57. The molecule has 30 heavy (non-hydrogen) atoms. The SMILES string of the molecule is CCCOc1ccc2ccccc2c1C=NNC(=O)CC(=O)Nc1ccc(F)cc1. The Balaban J connectivity index is 1.65. The lowest BCUT2D eigenvalue weighted by atomic mass is 10.0. The largest absolute Gasteiger partial charge is 0.493 e. The van der Waals surface area contributed by atoms with Gasteiger partial charge in [0.25, 0.3) is 0 Å². The quantitative estimate of drug-likeness (QED) is 0.333. The molecule has 3 aromatic rings. The van der Waals surface area contributed by atoms with Crippen molar-refractivity contribution >= 4 is 34.5 Å². The second kappa shape index (κ2) is 10.2. The van der Waals surface area contributed by atoms with Gasteiger partial charge in [-0.3, -0.25) is 9.59 Å². The summed E-state index contributed by atoms with van der Waals surface area (Å²) in [5.74, 6) is -0.827. The average Bonchev–Trinajstić information content (AvgIpc) is 2.74. The monoisotopic (exact) mass is 407 g/mol. The average molecular weight is 407 g/mol. The van der Waals surface area contributed by atoms with Crippen LogP contribution in [0.5, 0.6) is 5.75 Å². The van der Waals surface area contributed by atoms with Crippen LogP contribution in [-0.2, 0) is 9.59 Å².